The van der Waals surface area contributed by atoms with Crippen LogP contribution in [0.4, 0.5) is 10.2 Å². The predicted molar refractivity (Wildman–Crippen MR) is 71.7 cm³/mol. The minimum Gasteiger partial charge on any atom is -0.358 e. The number of hydrogen-bond acceptors (Lipinski definition) is 5. The summed E-state index contributed by atoms with van der Waals surface area (Å²) in [5.74, 6) is 1.67. The van der Waals surface area contributed by atoms with Crippen molar-refractivity contribution in [1.82, 2.24) is 24.7 Å². The van der Waals surface area contributed by atoms with Crippen LogP contribution in [0.2, 0.25) is 0 Å². The van der Waals surface area contributed by atoms with Crippen LogP contribution in [-0.2, 0) is 19.4 Å². The number of aryl methyl sites for hydroxylation is 2. The minimum absolute atomic E-state index is 0.150. The van der Waals surface area contributed by atoms with Crippen LogP contribution in [0, 0.1) is 5.82 Å². The lowest BCUT2D eigenvalue weighted by molar-refractivity contribution is 0.588. The molecule has 0 fully saturated rings. The Balaban J connectivity index is 1.84. The fourth-order valence-electron chi connectivity index (χ4n) is 2.52. The zero-order valence-electron chi connectivity index (χ0n) is 11.6. The van der Waals surface area contributed by atoms with E-state index in [0.717, 1.165) is 31.0 Å². The third kappa shape index (κ3) is 2.13. The maximum atomic E-state index is 14.1. The predicted octanol–water partition coefficient (Wildman–Crippen LogP) is 1.89. The molecule has 3 rings (SSSR count). The van der Waals surface area contributed by atoms with E-state index >= 15 is 0 Å². The van der Waals surface area contributed by atoms with Gasteiger partial charge >= 0.3 is 0 Å². The Morgan fingerprint density at radius 3 is 3.05 bits per heavy atom. The molecule has 20 heavy (non-hydrogen) atoms. The smallest absolute Gasteiger partial charge is 0.186 e. The molecule has 0 aromatic carbocycles. The molecule has 1 atom stereocenters. The first-order valence-electron chi connectivity index (χ1n) is 6.88. The van der Waals surface area contributed by atoms with Gasteiger partial charge in [0.25, 0.3) is 0 Å². The molecule has 0 unspecified atom stereocenters. The van der Waals surface area contributed by atoms with Gasteiger partial charge in [-0.15, -0.1) is 10.2 Å². The minimum atomic E-state index is -0.386. The molecule has 2 aromatic rings. The number of anilines is 1. The van der Waals surface area contributed by atoms with Crippen LogP contribution >= 0.6 is 0 Å². The summed E-state index contributed by atoms with van der Waals surface area (Å²) in [5, 5.41) is 11.4. The van der Waals surface area contributed by atoms with Gasteiger partial charge in [-0.25, -0.2) is 14.4 Å². The highest BCUT2D eigenvalue weighted by Gasteiger charge is 2.22. The molecule has 1 aliphatic heterocycles. The van der Waals surface area contributed by atoms with Crippen molar-refractivity contribution in [2.75, 3.05) is 5.32 Å². The summed E-state index contributed by atoms with van der Waals surface area (Å²) in [4.78, 5) is 7.90. The molecule has 0 amide bonds. The van der Waals surface area contributed by atoms with E-state index in [2.05, 4.69) is 30.0 Å². The molecule has 0 radical (unpaired) electrons. The number of aromatic nitrogens is 5. The Kier molecular flexibility index (Phi) is 3.33. The van der Waals surface area contributed by atoms with Crippen LogP contribution in [-0.4, -0.2) is 24.7 Å². The van der Waals surface area contributed by atoms with Gasteiger partial charge in [-0.3, -0.25) is 0 Å². The van der Waals surface area contributed by atoms with Crippen molar-refractivity contribution in [3.05, 3.63) is 29.5 Å². The highest BCUT2D eigenvalue weighted by molar-refractivity contribution is 5.39. The average Bonchev–Trinajstić information content (AvgIpc) is 3.03. The van der Waals surface area contributed by atoms with E-state index in [9.17, 15) is 4.39 Å². The summed E-state index contributed by atoms with van der Waals surface area (Å²) < 4.78 is 16.2. The molecule has 0 spiro atoms. The van der Waals surface area contributed by atoms with Gasteiger partial charge in [0.1, 0.15) is 12.2 Å². The molecule has 7 heteroatoms. The molecule has 0 saturated carbocycles. The molecule has 6 nitrogen and oxygen atoms in total. The van der Waals surface area contributed by atoms with Crippen molar-refractivity contribution < 1.29 is 4.39 Å². The van der Waals surface area contributed by atoms with Crippen LogP contribution in [0.25, 0.3) is 0 Å². The Morgan fingerprint density at radius 1 is 1.40 bits per heavy atom. The highest BCUT2D eigenvalue weighted by Crippen LogP contribution is 2.23. The Morgan fingerprint density at radius 2 is 2.25 bits per heavy atom. The van der Waals surface area contributed by atoms with Gasteiger partial charge in [-0.1, -0.05) is 6.92 Å². The molecule has 3 heterocycles. The second-order valence-corrected chi connectivity index (χ2v) is 4.93. The maximum absolute atomic E-state index is 14.1. The third-order valence-electron chi connectivity index (χ3n) is 3.58. The molecule has 1 aliphatic rings. The average molecular weight is 276 g/mol. The lowest BCUT2D eigenvalue weighted by atomic mass is 10.2. The van der Waals surface area contributed by atoms with E-state index < -0.39 is 0 Å². The molecule has 0 bridgehead atoms. The van der Waals surface area contributed by atoms with Crippen molar-refractivity contribution >= 4 is 5.82 Å². The largest absolute Gasteiger partial charge is 0.358 e. The van der Waals surface area contributed by atoms with E-state index in [-0.39, 0.29) is 17.7 Å². The van der Waals surface area contributed by atoms with E-state index in [0.29, 0.717) is 12.1 Å². The zero-order chi connectivity index (χ0) is 14.1. The standard InChI is InChI=1S/C13H17FN6/c1-3-9-11(14)12(16-7-15-9)17-8(2)13-19-18-10-5-4-6-20(10)13/h7-8H,3-6H2,1-2H3,(H,15,16,17)/t8-/m1/s1. The second-order valence-electron chi connectivity index (χ2n) is 4.93. The topological polar surface area (TPSA) is 68.5 Å². The normalized spacial score (nSPS) is 15.2. The Bertz CT molecular complexity index is 623. The quantitative estimate of drug-likeness (QED) is 0.923. The lowest BCUT2D eigenvalue weighted by Gasteiger charge is -2.15. The number of halogens is 1. The number of hydrogen-bond donors (Lipinski definition) is 1. The van der Waals surface area contributed by atoms with E-state index in [1.807, 2.05) is 13.8 Å². The monoisotopic (exact) mass is 276 g/mol. The summed E-state index contributed by atoms with van der Waals surface area (Å²) in [5.41, 5.74) is 0.418. The second kappa shape index (κ2) is 5.15. The summed E-state index contributed by atoms with van der Waals surface area (Å²) >= 11 is 0. The van der Waals surface area contributed by atoms with Crippen LogP contribution < -0.4 is 5.32 Å². The first-order valence-corrected chi connectivity index (χ1v) is 6.88. The van der Waals surface area contributed by atoms with Gasteiger partial charge in [0.05, 0.1) is 11.7 Å². The van der Waals surface area contributed by atoms with Crippen molar-refractivity contribution in [2.45, 2.75) is 45.7 Å². The number of nitrogens with one attached hydrogen (secondary N) is 1. The number of rotatable bonds is 4. The highest BCUT2D eigenvalue weighted by atomic mass is 19.1. The van der Waals surface area contributed by atoms with E-state index in [4.69, 9.17) is 0 Å². The van der Waals surface area contributed by atoms with Crippen LogP contribution in [0.15, 0.2) is 6.33 Å². The van der Waals surface area contributed by atoms with Gasteiger partial charge in [-0.05, 0) is 19.8 Å². The fourth-order valence-corrected chi connectivity index (χ4v) is 2.52. The zero-order valence-corrected chi connectivity index (χ0v) is 11.6. The molecule has 0 aliphatic carbocycles. The van der Waals surface area contributed by atoms with Crippen molar-refractivity contribution in [3.63, 3.8) is 0 Å². The molecule has 2 aromatic heterocycles. The van der Waals surface area contributed by atoms with Crippen LogP contribution in [0.3, 0.4) is 0 Å². The van der Waals surface area contributed by atoms with Gasteiger partial charge in [-0.2, -0.15) is 0 Å². The van der Waals surface area contributed by atoms with Gasteiger partial charge in [0.2, 0.25) is 0 Å². The maximum Gasteiger partial charge on any atom is 0.186 e. The molecular formula is C13H17FN6. The van der Waals surface area contributed by atoms with Gasteiger partial charge in [0.15, 0.2) is 17.5 Å². The summed E-state index contributed by atoms with van der Waals surface area (Å²) in [7, 11) is 0. The number of nitrogens with zero attached hydrogens (tertiary/aromatic N) is 5. The van der Waals surface area contributed by atoms with Gasteiger partial charge < -0.3 is 9.88 Å². The van der Waals surface area contributed by atoms with Crippen molar-refractivity contribution in [2.24, 2.45) is 0 Å². The first kappa shape index (κ1) is 13.0. The summed E-state index contributed by atoms with van der Waals surface area (Å²) in [6.45, 7) is 4.73. The third-order valence-corrected chi connectivity index (χ3v) is 3.58. The Hall–Kier alpha value is -2.05. The molecular weight excluding hydrogens is 259 g/mol. The fraction of sp³-hybridized carbons (Fsp3) is 0.538. The van der Waals surface area contributed by atoms with E-state index in [1.165, 1.54) is 6.33 Å². The summed E-state index contributed by atoms with van der Waals surface area (Å²) in [6, 6.07) is -0.150. The van der Waals surface area contributed by atoms with Gasteiger partial charge in [0, 0.05) is 13.0 Å². The first-order chi connectivity index (χ1) is 9.70. The van der Waals surface area contributed by atoms with Crippen LogP contribution in [0.5, 0.6) is 0 Å². The molecule has 0 saturated heterocycles. The van der Waals surface area contributed by atoms with Crippen LogP contribution in [0.1, 0.15) is 43.7 Å². The summed E-state index contributed by atoms with van der Waals surface area (Å²) in [6.07, 6.45) is 3.97. The van der Waals surface area contributed by atoms with Crippen molar-refractivity contribution in [1.29, 1.82) is 0 Å². The SMILES string of the molecule is CCc1ncnc(N[C@H](C)c2nnc3n2CCC3)c1F. The molecule has 1 N–H and O–H groups in total. The Labute approximate surface area is 116 Å². The van der Waals surface area contributed by atoms with E-state index in [1.54, 1.807) is 0 Å². The lowest BCUT2D eigenvalue weighted by Crippen LogP contribution is -2.15. The molecule has 106 valence electrons. The number of fused-ring (bicyclic) bond motifs is 1. The van der Waals surface area contributed by atoms with Crippen molar-refractivity contribution in [3.8, 4) is 0 Å².